The van der Waals surface area contributed by atoms with Crippen LogP contribution in [0, 0.1) is 13.8 Å². The van der Waals surface area contributed by atoms with Gasteiger partial charge in [0.05, 0.1) is 17.1 Å². The lowest BCUT2D eigenvalue weighted by molar-refractivity contribution is 0.258. The van der Waals surface area contributed by atoms with Crippen LogP contribution in [0.15, 0.2) is 35.5 Å². The Kier molecular flexibility index (Phi) is 4.01. The molecule has 22 heavy (non-hydrogen) atoms. The Bertz CT molecular complexity index is 748. The fourth-order valence-electron chi connectivity index (χ4n) is 2.78. The third-order valence-corrected chi connectivity index (χ3v) is 6.25. The van der Waals surface area contributed by atoms with Crippen LogP contribution in [-0.4, -0.2) is 40.8 Å². The first-order valence-electron chi connectivity index (χ1n) is 7.41. The van der Waals surface area contributed by atoms with Crippen LogP contribution in [-0.2, 0) is 10.0 Å². The summed E-state index contributed by atoms with van der Waals surface area (Å²) in [7, 11) is -3.41. The lowest BCUT2D eigenvalue weighted by Gasteiger charge is -2.31. The van der Waals surface area contributed by atoms with Crippen molar-refractivity contribution >= 4 is 10.0 Å². The summed E-state index contributed by atoms with van der Waals surface area (Å²) in [6.07, 6.45) is 5.00. The molecule has 1 aliphatic rings. The van der Waals surface area contributed by atoms with E-state index < -0.39 is 10.0 Å². The van der Waals surface area contributed by atoms with Crippen LogP contribution in [0.5, 0.6) is 0 Å². The Balaban J connectivity index is 1.75. The van der Waals surface area contributed by atoms with E-state index in [1.54, 1.807) is 22.6 Å². The molecule has 1 aliphatic heterocycles. The summed E-state index contributed by atoms with van der Waals surface area (Å²) in [5.41, 5.74) is 2.10. The summed E-state index contributed by atoms with van der Waals surface area (Å²) in [6.45, 7) is 4.94. The number of aromatic nitrogens is 3. The Hall–Kier alpha value is -1.73. The first-order chi connectivity index (χ1) is 10.5. The molecule has 0 spiro atoms. The first-order valence-corrected chi connectivity index (χ1v) is 8.86. The lowest BCUT2D eigenvalue weighted by atomic mass is 10.1. The van der Waals surface area contributed by atoms with E-state index >= 15 is 0 Å². The van der Waals surface area contributed by atoms with Crippen molar-refractivity contribution in [3.63, 3.8) is 0 Å². The van der Waals surface area contributed by atoms with E-state index in [-0.39, 0.29) is 6.04 Å². The zero-order chi connectivity index (χ0) is 15.7. The monoisotopic (exact) mass is 320 g/mol. The lowest BCUT2D eigenvalue weighted by Crippen LogP contribution is -2.39. The molecule has 7 heteroatoms. The molecule has 2 heterocycles. The molecular formula is C15H20N4O2S. The van der Waals surface area contributed by atoms with Crippen LogP contribution >= 0.6 is 0 Å². The Labute approximate surface area is 130 Å². The summed E-state index contributed by atoms with van der Waals surface area (Å²) in [5.74, 6) is 0. The maximum absolute atomic E-state index is 12.7. The summed E-state index contributed by atoms with van der Waals surface area (Å²) < 4.78 is 28.9. The number of sulfonamides is 1. The number of nitrogens with zero attached hydrogens (tertiary/aromatic N) is 4. The van der Waals surface area contributed by atoms with Crippen LogP contribution in [0.4, 0.5) is 0 Å². The second-order valence-electron chi connectivity index (χ2n) is 5.76. The van der Waals surface area contributed by atoms with Gasteiger partial charge in [-0.2, -0.15) is 4.31 Å². The van der Waals surface area contributed by atoms with Crippen molar-refractivity contribution in [2.75, 3.05) is 13.1 Å². The Morgan fingerprint density at radius 1 is 1.14 bits per heavy atom. The highest BCUT2D eigenvalue weighted by Crippen LogP contribution is 2.26. The van der Waals surface area contributed by atoms with Gasteiger partial charge in [-0.1, -0.05) is 11.3 Å². The quantitative estimate of drug-likeness (QED) is 0.866. The molecule has 0 amide bonds. The smallest absolute Gasteiger partial charge is 0.243 e. The average molecular weight is 320 g/mol. The Morgan fingerprint density at radius 3 is 2.45 bits per heavy atom. The highest BCUT2D eigenvalue weighted by atomic mass is 32.2. The topological polar surface area (TPSA) is 68.1 Å². The molecule has 0 saturated carbocycles. The van der Waals surface area contributed by atoms with Crippen LogP contribution in [0.3, 0.4) is 0 Å². The Morgan fingerprint density at radius 2 is 1.86 bits per heavy atom. The van der Waals surface area contributed by atoms with Crippen molar-refractivity contribution in [1.82, 2.24) is 19.3 Å². The van der Waals surface area contributed by atoms with E-state index in [2.05, 4.69) is 10.3 Å². The van der Waals surface area contributed by atoms with Gasteiger partial charge in [0.15, 0.2) is 0 Å². The average Bonchev–Trinajstić information content (AvgIpc) is 3.04. The molecule has 1 aromatic heterocycles. The molecule has 1 saturated heterocycles. The predicted molar refractivity (Wildman–Crippen MR) is 83.0 cm³/mol. The van der Waals surface area contributed by atoms with Crippen molar-refractivity contribution in [2.45, 2.75) is 37.6 Å². The minimum atomic E-state index is -3.41. The summed E-state index contributed by atoms with van der Waals surface area (Å²) in [6, 6.07) is 5.55. The van der Waals surface area contributed by atoms with Crippen LogP contribution in [0.25, 0.3) is 0 Å². The predicted octanol–water partition coefficient (Wildman–Crippen LogP) is 1.92. The summed E-state index contributed by atoms with van der Waals surface area (Å²) >= 11 is 0. The van der Waals surface area contributed by atoms with Crippen LogP contribution in [0.1, 0.15) is 30.0 Å². The van der Waals surface area contributed by atoms with Crippen molar-refractivity contribution in [3.8, 4) is 0 Å². The highest BCUT2D eigenvalue weighted by Gasteiger charge is 2.30. The van der Waals surface area contributed by atoms with Gasteiger partial charge in [0.25, 0.3) is 0 Å². The number of benzene rings is 1. The van der Waals surface area contributed by atoms with Crippen LogP contribution < -0.4 is 0 Å². The standard InChI is InChI=1S/C15H20N4O2S/c1-12-3-4-15(11-13(12)2)22(20,21)18-8-5-14(6-9-18)19-10-7-16-17-19/h3-4,7,10-11,14H,5-6,8-9H2,1-2H3. The number of hydrogen-bond donors (Lipinski definition) is 0. The van der Waals surface area contributed by atoms with Crippen molar-refractivity contribution < 1.29 is 8.42 Å². The van der Waals surface area contributed by atoms with E-state index in [9.17, 15) is 8.42 Å². The van der Waals surface area contributed by atoms with Gasteiger partial charge in [0, 0.05) is 19.3 Å². The number of aryl methyl sites for hydroxylation is 2. The number of piperidine rings is 1. The zero-order valence-corrected chi connectivity index (χ0v) is 13.6. The number of rotatable bonds is 3. The van der Waals surface area contributed by atoms with Crippen molar-refractivity contribution in [2.24, 2.45) is 0 Å². The van der Waals surface area contributed by atoms with Gasteiger partial charge in [0.2, 0.25) is 10.0 Å². The second-order valence-corrected chi connectivity index (χ2v) is 7.70. The SMILES string of the molecule is Cc1ccc(S(=O)(=O)N2CCC(n3ccnn3)CC2)cc1C. The normalized spacial score (nSPS) is 17.7. The van der Waals surface area contributed by atoms with Crippen molar-refractivity contribution in [3.05, 3.63) is 41.7 Å². The van der Waals surface area contributed by atoms with Gasteiger partial charge < -0.3 is 0 Å². The van der Waals surface area contributed by atoms with Gasteiger partial charge in [-0.3, -0.25) is 0 Å². The summed E-state index contributed by atoms with van der Waals surface area (Å²) in [5, 5.41) is 7.82. The van der Waals surface area contributed by atoms with E-state index in [0.29, 0.717) is 18.0 Å². The van der Waals surface area contributed by atoms with Crippen LogP contribution in [0.2, 0.25) is 0 Å². The molecule has 3 rings (SSSR count). The molecular weight excluding hydrogens is 300 g/mol. The molecule has 1 fully saturated rings. The molecule has 0 unspecified atom stereocenters. The van der Waals surface area contributed by atoms with Gasteiger partial charge >= 0.3 is 0 Å². The second kappa shape index (κ2) is 5.81. The fourth-order valence-corrected chi connectivity index (χ4v) is 4.34. The third-order valence-electron chi connectivity index (χ3n) is 4.35. The summed E-state index contributed by atoms with van der Waals surface area (Å²) in [4.78, 5) is 0.384. The van der Waals surface area contributed by atoms with Gasteiger partial charge in [-0.15, -0.1) is 5.10 Å². The zero-order valence-electron chi connectivity index (χ0n) is 12.8. The molecule has 0 N–H and O–H groups in total. The van der Waals surface area contributed by atoms with Gasteiger partial charge in [0.1, 0.15) is 0 Å². The molecule has 2 aromatic rings. The minimum Gasteiger partial charge on any atom is -0.249 e. The first kappa shape index (κ1) is 15.2. The highest BCUT2D eigenvalue weighted by molar-refractivity contribution is 7.89. The molecule has 0 radical (unpaired) electrons. The molecule has 0 bridgehead atoms. The van der Waals surface area contributed by atoms with Gasteiger partial charge in [-0.05, 0) is 49.9 Å². The molecule has 0 atom stereocenters. The maximum Gasteiger partial charge on any atom is 0.243 e. The molecule has 0 aliphatic carbocycles. The van der Waals surface area contributed by atoms with E-state index in [0.717, 1.165) is 24.0 Å². The third kappa shape index (κ3) is 2.78. The number of hydrogen-bond acceptors (Lipinski definition) is 4. The van der Waals surface area contributed by atoms with Crippen molar-refractivity contribution in [1.29, 1.82) is 0 Å². The maximum atomic E-state index is 12.7. The minimum absolute atomic E-state index is 0.230. The molecule has 118 valence electrons. The van der Waals surface area contributed by atoms with E-state index in [1.165, 1.54) is 0 Å². The molecule has 6 nitrogen and oxygen atoms in total. The molecule has 1 aromatic carbocycles. The fraction of sp³-hybridized carbons (Fsp3) is 0.467. The van der Waals surface area contributed by atoms with E-state index in [1.807, 2.05) is 30.8 Å². The largest absolute Gasteiger partial charge is 0.249 e. The van der Waals surface area contributed by atoms with Gasteiger partial charge in [-0.25, -0.2) is 13.1 Å². The van der Waals surface area contributed by atoms with E-state index in [4.69, 9.17) is 0 Å².